The molecule has 1 N–H and O–H groups in total. The van der Waals surface area contributed by atoms with Gasteiger partial charge in [0.15, 0.2) is 6.04 Å². The van der Waals surface area contributed by atoms with Crippen molar-refractivity contribution in [3.8, 4) is 0 Å². The number of carbonyl (C=O) groups excluding carboxylic acids is 1. The molecule has 23 heavy (non-hydrogen) atoms. The third-order valence-electron chi connectivity index (χ3n) is 3.80. The second-order valence-corrected chi connectivity index (χ2v) is 6.34. The van der Waals surface area contributed by atoms with Crippen molar-refractivity contribution in [2.24, 2.45) is 5.92 Å². The van der Waals surface area contributed by atoms with E-state index >= 15 is 0 Å². The van der Waals surface area contributed by atoms with Gasteiger partial charge in [0.25, 0.3) is 0 Å². The molecule has 0 aliphatic heterocycles. The van der Waals surface area contributed by atoms with E-state index in [4.69, 9.17) is 0 Å². The van der Waals surface area contributed by atoms with Crippen molar-refractivity contribution < 1.29 is 4.79 Å². The van der Waals surface area contributed by atoms with E-state index in [0.29, 0.717) is 5.92 Å². The fourth-order valence-corrected chi connectivity index (χ4v) is 2.57. The topological polar surface area (TPSA) is 72.7 Å². The van der Waals surface area contributed by atoms with E-state index in [-0.39, 0.29) is 11.9 Å². The summed E-state index contributed by atoms with van der Waals surface area (Å²) in [6.07, 6.45) is 4.73. The molecule has 0 spiro atoms. The Labute approximate surface area is 137 Å². The molecule has 0 bridgehead atoms. The van der Waals surface area contributed by atoms with Crippen LogP contribution in [0.15, 0.2) is 36.7 Å². The highest BCUT2D eigenvalue weighted by atomic mass is 16.2. The fraction of sp³-hybridized carbons (Fsp3) is 0.529. The fourth-order valence-electron chi connectivity index (χ4n) is 2.57. The van der Waals surface area contributed by atoms with Gasteiger partial charge >= 0.3 is 0 Å². The van der Waals surface area contributed by atoms with E-state index < -0.39 is 6.04 Å². The van der Waals surface area contributed by atoms with Gasteiger partial charge in [0.1, 0.15) is 6.33 Å². The van der Waals surface area contributed by atoms with Crippen LogP contribution >= 0.6 is 0 Å². The Hall–Kier alpha value is -2.24. The molecule has 1 heterocycles. The zero-order chi connectivity index (χ0) is 16.7. The van der Waals surface area contributed by atoms with Crippen molar-refractivity contribution in [1.82, 2.24) is 25.5 Å². The van der Waals surface area contributed by atoms with Gasteiger partial charge in [-0.3, -0.25) is 4.79 Å². The molecular weight excluding hydrogens is 290 g/mol. The largest absolute Gasteiger partial charge is 0.351 e. The molecule has 0 radical (unpaired) electrons. The summed E-state index contributed by atoms with van der Waals surface area (Å²) in [7, 11) is 0. The summed E-state index contributed by atoms with van der Waals surface area (Å²) in [5, 5.41) is 14.3. The lowest BCUT2D eigenvalue weighted by molar-refractivity contribution is -0.124. The van der Waals surface area contributed by atoms with Crippen LogP contribution < -0.4 is 5.32 Å². The molecule has 2 rings (SSSR count). The summed E-state index contributed by atoms with van der Waals surface area (Å²) in [4.78, 5) is 12.7. The lowest BCUT2D eigenvalue weighted by atomic mass is 10.0. The van der Waals surface area contributed by atoms with Gasteiger partial charge in [-0.25, -0.2) is 4.68 Å². The molecule has 6 heteroatoms. The molecule has 124 valence electrons. The van der Waals surface area contributed by atoms with E-state index in [2.05, 4.69) is 34.7 Å². The number of nitrogens with one attached hydrogen (secondary N) is 1. The van der Waals surface area contributed by atoms with Crippen LogP contribution in [0.3, 0.4) is 0 Å². The molecule has 1 aromatic carbocycles. The molecule has 0 saturated heterocycles. The molecule has 6 nitrogen and oxygen atoms in total. The molecule has 2 atom stereocenters. The molecule has 0 saturated carbocycles. The van der Waals surface area contributed by atoms with E-state index in [1.54, 1.807) is 0 Å². The quantitative estimate of drug-likeness (QED) is 0.812. The van der Waals surface area contributed by atoms with Crippen LogP contribution in [-0.4, -0.2) is 32.2 Å². The first-order valence-electron chi connectivity index (χ1n) is 8.15. The van der Waals surface area contributed by atoms with Gasteiger partial charge in [-0.1, -0.05) is 57.0 Å². The number of hydrogen-bond donors (Lipinski definition) is 1. The van der Waals surface area contributed by atoms with Gasteiger partial charge in [-0.2, -0.15) is 0 Å². The molecule has 0 fully saturated rings. The number of aromatic nitrogens is 4. The van der Waals surface area contributed by atoms with Crippen molar-refractivity contribution in [2.75, 3.05) is 0 Å². The molecule has 0 aliphatic rings. The average molecular weight is 315 g/mol. The van der Waals surface area contributed by atoms with Crippen LogP contribution in [0.25, 0.3) is 0 Å². The molecule has 1 amide bonds. The standard InChI is InChI=1S/C17H25N5O/c1-13(2)8-7-9-14(3)19-17(23)16(22-12-18-20-21-22)15-10-5-4-6-11-15/h4-6,10-14,16H,7-9H2,1-3H3,(H,19,23)/t14-,16-/m1/s1. The number of hydrogen-bond acceptors (Lipinski definition) is 4. The van der Waals surface area contributed by atoms with Crippen LogP contribution in [0.5, 0.6) is 0 Å². The number of rotatable bonds is 8. The highest BCUT2D eigenvalue weighted by Gasteiger charge is 2.24. The zero-order valence-corrected chi connectivity index (χ0v) is 14.0. The van der Waals surface area contributed by atoms with E-state index in [1.165, 1.54) is 17.4 Å². The minimum atomic E-state index is -0.543. The van der Waals surface area contributed by atoms with Gasteiger partial charge in [-0.05, 0) is 35.3 Å². The Bertz CT molecular complexity index is 582. The summed E-state index contributed by atoms with van der Waals surface area (Å²) in [5.74, 6) is 0.608. The summed E-state index contributed by atoms with van der Waals surface area (Å²) < 4.78 is 1.49. The predicted molar refractivity (Wildman–Crippen MR) is 88.7 cm³/mol. The summed E-state index contributed by atoms with van der Waals surface area (Å²) in [5.41, 5.74) is 0.867. The van der Waals surface area contributed by atoms with Crippen molar-refractivity contribution >= 4 is 5.91 Å². The second kappa shape index (κ2) is 8.41. The third kappa shape index (κ3) is 5.16. The first kappa shape index (κ1) is 17.1. The van der Waals surface area contributed by atoms with Gasteiger partial charge in [0, 0.05) is 6.04 Å². The average Bonchev–Trinajstić information content (AvgIpc) is 3.02. The van der Waals surface area contributed by atoms with E-state index in [9.17, 15) is 4.79 Å². The third-order valence-corrected chi connectivity index (χ3v) is 3.80. The summed E-state index contributed by atoms with van der Waals surface area (Å²) in [6, 6.07) is 9.15. The lowest BCUT2D eigenvalue weighted by Crippen LogP contribution is -2.39. The zero-order valence-electron chi connectivity index (χ0n) is 14.0. The van der Waals surface area contributed by atoms with Crippen LogP contribution in [0.1, 0.15) is 51.6 Å². The Kier molecular flexibility index (Phi) is 6.26. The molecule has 1 aromatic heterocycles. The first-order valence-corrected chi connectivity index (χ1v) is 8.15. The molecule has 2 aromatic rings. The maximum absolute atomic E-state index is 12.7. The Morgan fingerprint density at radius 3 is 2.52 bits per heavy atom. The number of nitrogens with zero attached hydrogens (tertiary/aromatic N) is 4. The Morgan fingerprint density at radius 1 is 1.17 bits per heavy atom. The first-order chi connectivity index (χ1) is 11.1. The van der Waals surface area contributed by atoms with Crippen molar-refractivity contribution in [3.63, 3.8) is 0 Å². The van der Waals surface area contributed by atoms with Gasteiger partial charge in [0.05, 0.1) is 0 Å². The highest BCUT2D eigenvalue weighted by Crippen LogP contribution is 2.17. The summed E-state index contributed by atoms with van der Waals surface area (Å²) >= 11 is 0. The summed E-state index contributed by atoms with van der Waals surface area (Å²) in [6.45, 7) is 6.47. The van der Waals surface area contributed by atoms with Crippen LogP contribution in [-0.2, 0) is 4.79 Å². The highest BCUT2D eigenvalue weighted by molar-refractivity contribution is 5.83. The molecular formula is C17H25N5O. The van der Waals surface area contributed by atoms with Crippen LogP contribution in [0, 0.1) is 5.92 Å². The lowest BCUT2D eigenvalue weighted by Gasteiger charge is -2.20. The predicted octanol–water partition coefficient (Wildman–Crippen LogP) is 2.59. The molecule has 0 unspecified atom stereocenters. The number of tetrazole rings is 1. The monoisotopic (exact) mass is 315 g/mol. The Balaban J connectivity index is 2.03. The molecule has 0 aliphatic carbocycles. The number of benzene rings is 1. The number of carbonyl (C=O) groups is 1. The van der Waals surface area contributed by atoms with Crippen molar-refractivity contribution in [1.29, 1.82) is 0 Å². The smallest absolute Gasteiger partial charge is 0.249 e. The van der Waals surface area contributed by atoms with Crippen LogP contribution in [0.2, 0.25) is 0 Å². The van der Waals surface area contributed by atoms with Gasteiger partial charge in [0.2, 0.25) is 5.91 Å². The Morgan fingerprint density at radius 2 is 1.91 bits per heavy atom. The van der Waals surface area contributed by atoms with E-state index in [1.807, 2.05) is 37.3 Å². The SMILES string of the molecule is CC(C)CCC[C@@H](C)NC(=O)[C@@H](c1ccccc1)n1cnnn1. The maximum Gasteiger partial charge on any atom is 0.249 e. The minimum Gasteiger partial charge on any atom is -0.351 e. The van der Waals surface area contributed by atoms with Crippen LogP contribution in [0.4, 0.5) is 0 Å². The maximum atomic E-state index is 12.7. The minimum absolute atomic E-state index is 0.0828. The van der Waals surface area contributed by atoms with Gasteiger partial charge in [-0.15, -0.1) is 5.10 Å². The van der Waals surface area contributed by atoms with Gasteiger partial charge < -0.3 is 5.32 Å². The van der Waals surface area contributed by atoms with E-state index in [0.717, 1.165) is 18.4 Å². The normalized spacial score (nSPS) is 13.7. The van der Waals surface area contributed by atoms with Crippen molar-refractivity contribution in [3.05, 3.63) is 42.2 Å². The second-order valence-electron chi connectivity index (χ2n) is 6.34. The number of amides is 1. The van der Waals surface area contributed by atoms with Crippen molar-refractivity contribution in [2.45, 2.75) is 52.1 Å².